The van der Waals surface area contributed by atoms with E-state index in [0.717, 1.165) is 9.20 Å². The van der Waals surface area contributed by atoms with Gasteiger partial charge in [0.25, 0.3) is 6.43 Å². The number of nitrogens with zero attached hydrogens (tertiary/aromatic N) is 6. The number of hydrogen-bond acceptors (Lipinski definition) is 8. The lowest BCUT2D eigenvalue weighted by molar-refractivity contribution is -0.0196. The van der Waals surface area contributed by atoms with Gasteiger partial charge in [-0.25, -0.2) is 22.4 Å². The van der Waals surface area contributed by atoms with Crippen LogP contribution in [0, 0.1) is 5.82 Å². The van der Waals surface area contributed by atoms with E-state index in [2.05, 4.69) is 25.7 Å². The molecule has 180 valence electrons. The lowest BCUT2D eigenvalue weighted by Crippen LogP contribution is -2.41. The highest BCUT2D eigenvalue weighted by Gasteiger charge is 2.31. The molecule has 1 fully saturated rings. The van der Waals surface area contributed by atoms with Gasteiger partial charge in [-0.3, -0.25) is 0 Å². The molecule has 2 N–H and O–H groups in total. The first-order valence-electron chi connectivity index (χ1n) is 11.1. The van der Waals surface area contributed by atoms with Gasteiger partial charge < -0.3 is 19.9 Å². The van der Waals surface area contributed by atoms with E-state index in [1.807, 2.05) is 0 Å². The second-order valence-corrected chi connectivity index (χ2v) is 7.90. The number of aromatic nitrogens is 6. The minimum absolute atomic E-state index is 0.00575. The molecule has 0 amide bonds. The topological polar surface area (TPSA) is 112 Å². The van der Waals surface area contributed by atoms with Crippen LogP contribution in [0.25, 0.3) is 27.7 Å². The van der Waals surface area contributed by atoms with Crippen molar-refractivity contribution < 1.29 is 29.1 Å². The number of aliphatic hydroxyl groups is 1. The van der Waals surface area contributed by atoms with Crippen molar-refractivity contribution in [2.75, 3.05) is 25.6 Å². The smallest absolute Gasteiger partial charge is 0.258 e. The van der Waals surface area contributed by atoms with Gasteiger partial charge in [0.15, 0.2) is 5.82 Å². The Morgan fingerprint density at radius 3 is 2.91 bits per heavy atom. The monoisotopic (exact) mass is 478 g/mol. The second kappa shape index (κ2) is 9.06. The summed E-state index contributed by atoms with van der Waals surface area (Å²) in [5.41, 5.74) is 1.13. The van der Waals surface area contributed by atoms with Gasteiger partial charge >= 0.3 is 0 Å². The normalized spacial score (nSPS) is 18.5. The molecular weight excluding hydrogens is 455 g/mol. The highest BCUT2D eigenvalue weighted by Crippen LogP contribution is 2.36. The number of halogens is 3. The van der Waals surface area contributed by atoms with Gasteiger partial charge in [-0.2, -0.15) is 4.98 Å². The molecule has 34 heavy (non-hydrogen) atoms. The first-order chi connectivity index (χ1) is 16.9. The third-order valence-electron chi connectivity index (χ3n) is 5.66. The number of ether oxygens (including phenoxy) is 2. The van der Waals surface area contributed by atoms with Crippen LogP contribution < -0.4 is 10.1 Å². The molecule has 0 spiro atoms. The number of hydrogen-bond donors (Lipinski definition) is 2. The van der Waals surface area contributed by atoms with E-state index >= 15 is 4.39 Å². The third kappa shape index (κ3) is 4.12. The summed E-state index contributed by atoms with van der Waals surface area (Å²) in [5.74, 6) is -0.658. The third-order valence-corrected chi connectivity index (χ3v) is 5.66. The van der Waals surface area contributed by atoms with Crippen LogP contribution in [0.4, 0.5) is 19.1 Å². The Kier molecular flexibility index (Phi) is 5.63. The van der Waals surface area contributed by atoms with Crippen molar-refractivity contribution in [1.29, 1.82) is 0 Å². The van der Waals surface area contributed by atoms with Crippen LogP contribution >= 0.6 is 0 Å². The summed E-state index contributed by atoms with van der Waals surface area (Å²) < 4.78 is 62.5. The second-order valence-electron chi connectivity index (χ2n) is 7.90. The van der Waals surface area contributed by atoms with Crippen molar-refractivity contribution in [2.45, 2.75) is 38.0 Å². The molecule has 4 aromatic rings. The first-order valence-corrected chi connectivity index (χ1v) is 10.6. The lowest BCUT2D eigenvalue weighted by atomic mass is 9.89. The molecule has 0 radical (unpaired) electrons. The highest BCUT2D eigenvalue weighted by molar-refractivity contribution is 5.89. The molecule has 3 aromatic heterocycles. The molecule has 3 heterocycles. The number of anilines is 1. The molecule has 0 atom stereocenters. The lowest BCUT2D eigenvalue weighted by Gasteiger charge is -2.35. The van der Waals surface area contributed by atoms with Crippen LogP contribution in [0.5, 0.6) is 5.88 Å². The average Bonchev–Trinajstić information content (AvgIpc) is 3.32. The molecule has 1 aliphatic carbocycles. The van der Waals surface area contributed by atoms with Crippen LogP contribution in [0.15, 0.2) is 24.4 Å². The zero-order chi connectivity index (χ0) is 24.7. The maximum Gasteiger partial charge on any atom is 0.258 e. The average molecular weight is 478 g/mol. The largest absolute Gasteiger partial charge is 0.479 e. The van der Waals surface area contributed by atoms with E-state index < -0.39 is 25.0 Å². The molecule has 0 saturated heterocycles. The van der Waals surface area contributed by atoms with Crippen molar-refractivity contribution in [2.24, 2.45) is 0 Å². The molecule has 10 nitrogen and oxygen atoms in total. The standard InChI is InChI=1S/C21H22F3N7O3/c1-33-20-19-18(11-2-3-15-16(6-11)30(29-27-15)10-17(23)24)14(22)9-31(19)28-21(26-20)25-12-7-13(8-12)34-5-4-32/h2-3,6,9,12-13,17,32H,4-5,7-8,10H2,1H3,(H,25,28)/t12-,13+/i9D. The number of nitrogens with one attached hydrogen (secondary N) is 1. The van der Waals surface area contributed by atoms with Crippen LogP contribution in [-0.4, -0.2) is 73.6 Å². The molecule has 0 aliphatic heterocycles. The van der Waals surface area contributed by atoms with Gasteiger partial charge in [-0.15, -0.1) is 10.2 Å². The van der Waals surface area contributed by atoms with Gasteiger partial charge in [-0.05, 0) is 30.5 Å². The summed E-state index contributed by atoms with van der Waals surface area (Å²) in [6, 6.07) is 4.61. The maximum absolute atomic E-state index is 15.3. The van der Waals surface area contributed by atoms with Crippen molar-refractivity contribution in [3.8, 4) is 17.0 Å². The maximum atomic E-state index is 15.3. The van der Waals surface area contributed by atoms with Crippen molar-refractivity contribution in [1.82, 2.24) is 29.6 Å². The molecule has 1 aliphatic rings. The zero-order valence-corrected chi connectivity index (χ0v) is 18.1. The fourth-order valence-corrected chi connectivity index (χ4v) is 4.03. The SMILES string of the molecule is [2H]c1c(F)c(-c2ccc3nnn(CC(F)F)c3c2)c2c(OC)nc(N[C@H]3C[C@@H](OCCO)C3)nn12. The number of fused-ring (bicyclic) bond motifs is 2. The van der Waals surface area contributed by atoms with E-state index in [-0.39, 0.29) is 48.3 Å². The van der Waals surface area contributed by atoms with Gasteiger partial charge in [-0.1, -0.05) is 11.3 Å². The summed E-state index contributed by atoms with van der Waals surface area (Å²) in [6.45, 7) is -0.430. The Morgan fingerprint density at radius 1 is 1.35 bits per heavy atom. The Hall–Kier alpha value is -3.45. The van der Waals surface area contributed by atoms with Crippen molar-refractivity contribution in [3.63, 3.8) is 0 Å². The summed E-state index contributed by atoms with van der Waals surface area (Å²) >= 11 is 0. The van der Waals surface area contributed by atoms with E-state index in [1.165, 1.54) is 13.2 Å². The fourth-order valence-electron chi connectivity index (χ4n) is 4.03. The first kappa shape index (κ1) is 21.1. The number of aliphatic hydroxyl groups excluding tert-OH is 1. The molecule has 1 saturated carbocycles. The summed E-state index contributed by atoms with van der Waals surface area (Å²) in [6.07, 6.45) is -1.75. The minimum Gasteiger partial charge on any atom is -0.479 e. The van der Waals surface area contributed by atoms with E-state index in [1.54, 1.807) is 12.1 Å². The van der Waals surface area contributed by atoms with Crippen molar-refractivity contribution in [3.05, 3.63) is 30.2 Å². The Bertz CT molecular complexity index is 1370. The van der Waals surface area contributed by atoms with Crippen LogP contribution in [-0.2, 0) is 11.3 Å². The van der Waals surface area contributed by atoms with Crippen molar-refractivity contribution >= 4 is 22.5 Å². The van der Waals surface area contributed by atoms with Gasteiger partial charge in [0.1, 0.15) is 17.6 Å². The fraction of sp³-hybridized carbons (Fsp3) is 0.429. The molecular formula is C21H22F3N7O3. The van der Waals surface area contributed by atoms with Crippen LogP contribution in [0.3, 0.4) is 0 Å². The van der Waals surface area contributed by atoms with Gasteiger partial charge in [0, 0.05) is 6.04 Å². The van der Waals surface area contributed by atoms with E-state index in [4.69, 9.17) is 16.0 Å². The molecule has 1 aromatic carbocycles. The van der Waals surface area contributed by atoms with Gasteiger partial charge in [0.05, 0.1) is 45.1 Å². The molecule has 13 heteroatoms. The zero-order valence-electron chi connectivity index (χ0n) is 19.1. The predicted octanol–water partition coefficient (Wildman–Crippen LogP) is 2.51. The Labute approximate surface area is 192 Å². The molecule has 0 unspecified atom stereocenters. The number of benzene rings is 1. The summed E-state index contributed by atoms with van der Waals surface area (Å²) in [4.78, 5) is 4.35. The minimum atomic E-state index is -2.64. The predicted molar refractivity (Wildman–Crippen MR) is 115 cm³/mol. The quantitative estimate of drug-likeness (QED) is 0.378. The highest BCUT2D eigenvalue weighted by atomic mass is 19.3. The molecule has 0 bridgehead atoms. The number of rotatable bonds is 9. The Morgan fingerprint density at radius 2 is 2.18 bits per heavy atom. The number of methoxy groups -OCH3 is 1. The number of alkyl halides is 2. The molecule has 5 rings (SSSR count). The van der Waals surface area contributed by atoms with E-state index in [0.29, 0.717) is 29.4 Å². The van der Waals surface area contributed by atoms with Crippen LogP contribution in [0.2, 0.25) is 0 Å². The van der Waals surface area contributed by atoms with Crippen LogP contribution in [0.1, 0.15) is 14.2 Å². The summed E-state index contributed by atoms with van der Waals surface area (Å²) in [5, 5.41) is 23.9. The van der Waals surface area contributed by atoms with E-state index in [9.17, 15) is 8.78 Å². The van der Waals surface area contributed by atoms with Gasteiger partial charge in [0.2, 0.25) is 11.8 Å². The summed E-state index contributed by atoms with van der Waals surface area (Å²) in [7, 11) is 1.37. The Balaban J connectivity index is 1.52.